The van der Waals surface area contributed by atoms with Gasteiger partial charge < -0.3 is 5.11 Å². The first-order valence-electron chi connectivity index (χ1n) is 5.70. The van der Waals surface area contributed by atoms with E-state index in [1.165, 1.54) is 12.8 Å². The van der Waals surface area contributed by atoms with Crippen LogP contribution in [-0.4, -0.2) is 11.2 Å². The zero-order chi connectivity index (χ0) is 10.0. The van der Waals surface area contributed by atoms with Crippen molar-refractivity contribution in [1.82, 2.24) is 0 Å². The fourth-order valence-electron chi connectivity index (χ4n) is 2.60. The summed E-state index contributed by atoms with van der Waals surface area (Å²) in [6.45, 7) is 9.13. The molecule has 78 valence electrons. The van der Waals surface area contributed by atoms with Gasteiger partial charge in [-0.1, -0.05) is 27.7 Å². The van der Waals surface area contributed by atoms with Crippen LogP contribution in [0.3, 0.4) is 0 Å². The average Bonchev–Trinajstić information content (AvgIpc) is 2.05. The maximum absolute atomic E-state index is 9.91. The lowest BCUT2D eigenvalue weighted by atomic mass is 9.69. The summed E-state index contributed by atoms with van der Waals surface area (Å²) in [5.41, 5.74) is 0. The van der Waals surface area contributed by atoms with Gasteiger partial charge in [0.15, 0.2) is 0 Å². The molecule has 0 bridgehead atoms. The molecule has 1 nitrogen and oxygen atoms in total. The Labute approximate surface area is 82.5 Å². The molecule has 1 aliphatic rings. The van der Waals surface area contributed by atoms with E-state index in [0.29, 0.717) is 17.8 Å². The molecule has 1 fully saturated rings. The SMILES string of the molecule is CC(C)CC1C(O)CCC(C)C1C. The quantitative estimate of drug-likeness (QED) is 0.699. The first kappa shape index (κ1) is 11.0. The van der Waals surface area contributed by atoms with Crippen LogP contribution in [-0.2, 0) is 0 Å². The van der Waals surface area contributed by atoms with Gasteiger partial charge in [0.05, 0.1) is 6.10 Å². The molecule has 0 spiro atoms. The third-order valence-electron chi connectivity index (χ3n) is 3.73. The van der Waals surface area contributed by atoms with Gasteiger partial charge in [0.1, 0.15) is 0 Å². The second kappa shape index (κ2) is 4.45. The van der Waals surface area contributed by atoms with Gasteiger partial charge in [0.2, 0.25) is 0 Å². The summed E-state index contributed by atoms with van der Waals surface area (Å²) in [4.78, 5) is 0. The fraction of sp³-hybridized carbons (Fsp3) is 1.00. The van der Waals surface area contributed by atoms with Crippen LogP contribution in [0.15, 0.2) is 0 Å². The van der Waals surface area contributed by atoms with E-state index in [1.54, 1.807) is 0 Å². The predicted octanol–water partition coefficient (Wildman–Crippen LogP) is 3.08. The first-order valence-corrected chi connectivity index (χ1v) is 5.70. The van der Waals surface area contributed by atoms with Crippen molar-refractivity contribution in [2.24, 2.45) is 23.7 Å². The molecule has 1 aliphatic carbocycles. The Morgan fingerprint density at radius 2 is 1.85 bits per heavy atom. The fourth-order valence-corrected chi connectivity index (χ4v) is 2.60. The van der Waals surface area contributed by atoms with Crippen LogP contribution in [0.5, 0.6) is 0 Å². The third-order valence-corrected chi connectivity index (χ3v) is 3.73. The maximum atomic E-state index is 9.91. The summed E-state index contributed by atoms with van der Waals surface area (Å²) in [5.74, 6) is 2.76. The van der Waals surface area contributed by atoms with E-state index in [0.717, 1.165) is 12.3 Å². The Hall–Kier alpha value is -0.0400. The van der Waals surface area contributed by atoms with Crippen LogP contribution in [0.4, 0.5) is 0 Å². The van der Waals surface area contributed by atoms with Crippen molar-refractivity contribution in [3.8, 4) is 0 Å². The normalized spacial score (nSPS) is 41.1. The van der Waals surface area contributed by atoms with Crippen molar-refractivity contribution in [1.29, 1.82) is 0 Å². The lowest BCUT2D eigenvalue weighted by Crippen LogP contribution is -2.36. The largest absolute Gasteiger partial charge is 0.393 e. The molecule has 4 unspecified atom stereocenters. The van der Waals surface area contributed by atoms with E-state index in [-0.39, 0.29) is 6.10 Å². The molecule has 1 heteroatoms. The monoisotopic (exact) mass is 184 g/mol. The van der Waals surface area contributed by atoms with Crippen molar-refractivity contribution >= 4 is 0 Å². The molecule has 1 rings (SSSR count). The predicted molar refractivity (Wildman–Crippen MR) is 56.5 cm³/mol. The van der Waals surface area contributed by atoms with Gasteiger partial charge in [-0.15, -0.1) is 0 Å². The van der Waals surface area contributed by atoms with Crippen LogP contribution >= 0.6 is 0 Å². The molecule has 0 aromatic heterocycles. The number of rotatable bonds is 2. The van der Waals surface area contributed by atoms with Crippen molar-refractivity contribution in [3.63, 3.8) is 0 Å². The minimum Gasteiger partial charge on any atom is -0.393 e. The smallest absolute Gasteiger partial charge is 0.0571 e. The molecular weight excluding hydrogens is 160 g/mol. The van der Waals surface area contributed by atoms with Gasteiger partial charge in [-0.05, 0) is 42.9 Å². The Bertz CT molecular complexity index is 153. The van der Waals surface area contributed by atoms with Crippen LogP contribution in [0.2, 0.25) is 0 Å². The minimum absolute atomic E-state index is 0.0337. The lowest BCUT2D eigenvalue weighted by molar-refractivity contribution is 0.00307. The highest BCUT2D eigenvalue weighted by Gasteiger charge is 2.33. The Balaban J connectivity index is 2.55. The third kappa shape index (κ3) is 2.70. The number of aliphatic hydroxyl groups is 1. The number of hydrogen-bond donors (Lipinski definition) is 1. The van der Waals surface area contributed by atoms with Crippen molar-refractivity contribution in [3.05, 3.63) is 0 Å². The molecule has 4 atom stereocenters. The van der Waals surface area contributed by atoms with Gasteiger partial charge in [-0.2, -0.15) is 0 Å². The average molecular weight is 184 g/mol. The van der Waals surface area contributed by atoms with Gasteiger partial charge in [-0.3, -0.25) is 0 Å². The molecule has 0 aromatic rings. The highest BCUT2D eigenvalue weighted by Crippen LogP contribution is 2.37. The molecule has 0 radical (unpaired) electrons. The topological polar surface area (TPSA) is 20.2 Å². The summed E-state index contributed by atoms with van der Waals surface area (Å²) in [5, 5.41) is 9.91. The van der Waals surface area contributed by atoms with E-state index in [2.05, 4.69) is 27.7 Å². The summed E-state index contributed by atoms with van der Waals surface area (Å²) < 4.78 is 0. The molecule has 0 aliphatic heterocycles. The van der Waals surface area contributed by atoms with Crippen LogP contribution in [0, 0.1) is 23.7 Å². The Kier molecular flexibility index (Phi) is 3.78. The van der Waals surface area contributed by atoms with Crippen molar-refractivity contribution < 1.29 is 5.11 Å². The molecule has 1 saturated carbocycles. The summed E-state index contributed by atoms with van der Waals surface area (Å²) in [7, 11) is 0. The minimum atomic E-state index is -0.0337. The second-order valence-electron chi connectivity index (χ2n) is 5.27. The van der Waals surface area contributed by atoms with E-state index in [1.807, 2.05) is 0 Å². The van der Waals surface area contributed by atoms with E-state index < -0.39 is 0 Å². The van der Waals surface area contributed by atoms with Gasteiger partial charge >= 0.3 is 0 Å². The highest BCUT2D eigenvalue weighted by atomic mass is 16.3. The zero-order valence-corrected chi connectivity index (χ0v) is 9.46. The van der Waals surface area contributed by atoms with Gasteiger partial charge in [-0.25, -0.2) is 0 Å². The van der Waals surface area contributed by atoms with Gasteiger partial charge in [0.25, 0.3) is 0 Å². The standard InChI is InChI=1S/C12H24O/c1-8(2)7-11-10(4)9(3)5-6-12(11)13/h8-13H,5-7H2,1-4H3. The molecular formula is C12H24O. The molecule has 13 heavy (non-hydrogen) atoms. The zero-order valence-electron chi connectivity index (χ0n) is 9.46. The summed E-state index contributed by atoms with van der Waals surface area (Å²) in [6.07, 6.45) is 3.38. The number of hydrogen-bond acceptors (Lipinski definition) is 1. The maximum Gasteiger partial charge on any atom is 0.0571 e. The Morgan fingerprint density at radius 3 is 2.38 bits per heavy atom. The van der Waals surface area contributed by atoms with E-state index >= 15 is 0 Å². The summed E-state index contributed by atoms with van der Waals surface area (Å²) >= 11 is 0. The second-order valence-corrected chi connectivity index (χ2v) is 5.27. The first-order chi connectivity index (χ1) is 6.02. The van der Waals surface area contributed by atoms with E-state index in [4.69, 9.17) is 0 Å². The van der Waals surface area contributed by atoms with Gasteiger partial charge in [0, 0.05) is 0 Å². The molecule has 0 aromatic carbocycles. The van der Waals surface area contributed by atoms with Crippen LogP contribution in [0.1, 0.15) is 47.0 Å². The highest BCUT2D eigenvalue weighted by molar-refractivity contribution is 4.83. The molecule has 1 N–H and O–H groups in total. The number of aliphatic hydroxyl groups excluding tert-OH is 1. The van der Waals surface area contributed by atoms with E-state index in [9.17, 15) is 5.11 Å². The lowest BCUT2D eigenvalue weighted by Gasteiger charge is -2.38. The Morgan fingerprint density at radius 1 is 1.23 bits per heavy atom. The van der Waals surface area contributed by atoms with Crippen molar-refractivity contribution in [2.75, 3.05) is 0 Å². The summed E-state index contributed by atoms with van der Waals surface area (Å²) in [6, 6.07) is 0. The molecule has 0 saturated heterocycles. The molecule has 0 amide bonds. The van der Waals surface area contributed by atoms with Crippen LogP contribution < -0.4 is 0 Å². The van der Waals surface area contributed by atoms with Crippen LogP contribution in [0.25, 0.3) is 0 Å². The molecule has 0 heterocycles. The van der Waals surface area contributed by atoms with Crippen molar-refractivity contribution in [2.45, 2.75) is 53.1 Å².